The van der Waals surface area contributed by atoms with Gasteiger partial charge in [0.05, 0.1) is 11.2 Å². The number of piperidine rings is 1. The van der Waals surface area contributed by atoms with Gasteiger partial charge in [-0.05, 0) is 62.5 Å². The van der Waals surface area contributed by atoms with E-state index in [0.29, 0.717) is 0 Å². The molecule has 1 saturated carbocycles. The summed E-state index contributed by atoms with van der Waals surface area (Å²) in [5.41, 5.74) is 5.36. The zero-order chi connectivity index (χ0) is 18.0. The van der Waals surface area contributed by atoms with Crippen molar-refractivity contribution in [2.24, 2.45) is 11.3 Å². The molecule has 2 heterocycles. The number of halogens is 2. The molecule has 1 aromatic heterocycles. The van der Waals surface area contributed by atoms with Gasteiger partial charge in [-0.25, -0.2) is 4.98 Å². The number of hydrogen-bond donors (Lipinski definition) is 2. The fourth-order valence-corrected chi connectivity index (χ4v) is 4.68. The van der Waals surface area contributed by atoms with E-state index in [1.165, 1.54) is 5.56 Å². The monoisotopic (exact) mass is 442 g/mol. The molecule has 4 rings (SSSR count). The van der Waals surface area contributed by atoms with Gasteiger partial charge in [0.15, 0.2) is 0 Å². The van der Waals surface area contributed by atoms with Crippen LogP contribution in [0.1, 0.15) is 30.5 Å². The first kappa shape index (κ1) is 23.1. The van der Waals surface area contributed by atoms with Crippen molar-refractivity contribution in [3.05, 3.63) is 46.4 Å². The van der Waals surface area contributed by atoms with Crippen molar-refractivity contribution in [1.82, 2.24) is 15.2 Å². The quantitative estimate of drug-likeness (QED) is 0.710. The molecule has 1 amide bonds. The maximum absolute atomic E-state index is 12.6. The summed E-state index contributed by atoms with van der Waals surface area (Å²) in [4.78, 5) is 19.2. The largest absolute Gasteiger partial charge is 0.326 e. The molecule has 28 heavy (non-hydrogen) atoms. The zero-order valence-corrected chi connectivity index (χ0v) is 18.5. The standard InChI is InChI=1S/C20H26N4OS.2ClH/c1-24(12-17-13-26-14-22-17)11-15-3-2-4-16(9-15)23-19(25)18-10-20(18)5-7-21-8-6-20;;/h2-4,9,13-14,18,21H,5-8,10-12H2,1H3,(H,23,25);2*1H. The summed E-state index contributed by atoms with van der Waals surface area (Å²) in [6.45, 7) is 3.76. The van der Waals surface area contributed by atoms with Gasteiger partial charge in [-0.2, -0.15) is 0 Å². The minimum Gasteiger partial charge on any atom is -0.326 e. The van der Waals surface area contributed by atoms with Crippen LogP contribution in [-0.4, -0.2) is 35.9 Å². The van der Waals surface area contributed by atoms with E-state index >= 15 is 0 Å². The van der Waals surface area contributed by atoms with E-state index in [-0.39, 0.29) is 42.1 Å². The number of thiazole rings is 1. The van der Waals surface area contributed by atoms with E-state index in [1.54, 1.807) is 11.3 Å². The highest BCUT2D eigenvalue weighted by Crippen LogP contribution is 2.58. The molecule has 1 aliphatic carbocycles. The van der Waals surface area contributed by atoms with Gasteiger partial charge < -0.3 is 10.6 Å². The van der Waals surface area contributed by atoms with Crippen molar-refractivity contribution >= 4 is 47.7 Å². The second-order valence-corrected chi connectivity index (χ2v) is 8.43. The van der Waals surface area contributed by atoms with Crippen molar-refractivity contribution in [2.75, 3.05) is 25.5 Å². The number of aromatic nitrogens is 1. The molecular weight excluding hydrogens is 415 g/mol. The number of hydrogen-bond acceptors (Lipinski definition) is 5. The molecule has 1 unspecified atom stereocenters. The minimum absolute atomic E-state index is 0. The van der Waals surface area contributed by atoms with Gasteiger partial charge in [0.25, 0.3) is 0 Å². The summed E-state index contributed by atoms with van der Waals surface area (Å²) in [6, 6.07) is 8.21. The van der Waals surface area contributed by atoms with Gasteiger partial charge in [-0.1, -0.05) is 12.1 Å². The number of benzene rings is 1. The van der Waals surface area contributed by atoms with Crippen LogP contribution >= 0.6 is 36.2 Å². The van der Waals surface area contributed by atoms with E-state index in [4.69, 9.17) is 0 Å². The number of nitrogens with one attached hydrogen (secondary N) is 2. The average molecular weight is 443 g/mol. The molecule has 1 spiro atoms. The topological polar surface area (TPSA) is 57.3 Å². The highest BCUT2D eigenvalue weighted by Gasteiger charge is 2.57. The third-order valence-electron chi connectivity index (χ3n) is 5.67. The molecule has 1 aromatic carbocycles. The number of rotatable bonds is 6. The lowest BCUT2D eigenvalue weighted by atomic mass is 9.92. The second kappa shape index (κ2) is 10.0. The van der Waals surface area contributed by atoms with Crippen molar-refractivity contribution < 1.29 is 4.79 Å². The normalized spacial score (nSPS) is 19.6. The summed E-state index contributed by atoms with van der Waals surface area (Å²) in [6.07, 6.45) is 3.32. The summed E-state index contributed by atoms with van der Waals surface area (Å²) in [5, 5.41) is 8.62. The number of carbonyl (C=O) groups is 1. The molecule has 0 radical (unpaired) electrons. The summed E-state index contributed by atoms with van der Waals surface area (Å²) in [5.74, 6) is 0.389. The first-order chi connectivity index (χ1) is 12.6. The molecule has 1 atom stereocenters. The van der Waals surface area contributed by atoms with E-state index in [0.717, 1.165) is 56.8 Å². The Labute approximate surface area is 183 Å². The molecular formula is C20H28Cl2N4OS. The maximum atomic E-state index is 12.6. The first-order valence-corrected chi connectivity index (χ1v) is 10.3. The first-order valence-electron chi connectivity index (χ1n) is 9.31. The predicted molar refractivity (Wildman–Crippen MR) is 119 cm³/mol. The molecule has 154 valence electrons. The van der Waals surface area contributed by atoms with Crippen molar-refractivity contribution in [3.8, 4) is 0 Å². The van der Waals surface area contributed by atoms with Crippen LogP contribution in [0, 0.1) is 11.3 Å². The summed E-state index contributed by atoms with van der Waals surface area (Å²) >= 11 is 1.63. The van der Waals surface area contributed by atoms with Crippen LogP contribution in [0.15, 0.2) is 35.2 Å². The molecule has 2 N–H and O–H groups in total. The lowest BCUT2D eigenvalue weighted by Gasteiger charge is -2.23. The van der Waals surface area contributed by atoms with Crippen LogP contribution in [-0.2, 0) is 17.9 Å². The number of amides is 1. The van der Waals surface area contributed by atoms with Gasteiger partial charge in [0.2, 0.25) is 5.91 Å². The lowest BCUT2D eigenvalue weighted by Crippen LogP contribution is -2.31. The molecule has 0 bridgehead atoms. The number of carbonyl (C=O) groups excluding carboxylic acids is 1. The molecule has 1 aliphatic heterocycles. The summed E-state index contributed by atoms with van der Waals surface area (Å²) < 4.78 is 0. The van der Waals surface area contributed by atoms with E-state index in [9.17, 15) is 4.79 Å². The van der Waals surface area contributed by atoms with Gasteiger partial charge in [-0.3, -0.25) is 9.69 Å². The molecule has 8 heteroatoms. The van der Waals surface area contributed by atoms with Crippen molar-refractivity contribution in [2.45, 2.75) is 32.4 Å². The number of anilines is 1. The molecule has 5 nitrogen and oxygen atoms in total. The van der Waals surface area contributed by atoms with Crippen LogP contribution < -0.4 is 10.6 Å². The highest BCUT2D eigenvalue weighted by atomic mass is 35.5. The predicted octanol–water partition coefficient (Wildman–Crippen LogP) is 3.95. The molecule has 2 fully saturated rings. The van der Waals surface area contributed by atoms with Gasteiger partial charge >= 0.3 is 0 Å². The van der Waals surface area contributed by atoms with Gasteiger partial charge in [0.1, 0.15) is 0 Å². The Balaban J connectivity index is 0.00000140. The SMILES string of the molecule is CN(Cc1cccc(NC(=O)C2CC23CCNCC3)c1)Cc1cscn1.Cl.Cl. The van der Waals surface area contributed by atoms with E-state index < -0.39 is 0 Å². The second-order valence-electron chi connectivity index (χ2n) is 7.71. The van der Waals surface area contributed by atoms with Crippen LogP contribution in [0.2, 0.25) is 0 Å². The lowest BCUT2D eigenvalue weighted by molar-refractivity contribution is -0.118. The molecule has 1 saturated heterocycles. The Morgan fingerprint density at radius 1 is 1.32 bits per heavy atom. The summed E-state index contributed by atoms with van der Waals surface area (Å²) in [7, 11) is 2.09. The fourth-order valence-electron chi connectivity index (χ4n) is 4.13. The van der Waals surface area contributed by atoms with E-state index in [1.807, 2.05) is 17.6 Å². The Morgan fingerprint density at radius 3 is 2.82 bits per heavy atom. The van der Waals surface area contributed by atoms with Crippen LogP contribution in [0.4, 0.5) is 5.69 Å². The Morgan fingerprint density at radius 2 is 2.11 bits per heavy atom. The van der Waals surface area contributed by atoms with Crippen LogP contribution in [0.25, 0.3) is 0 Å². The smallest absolute Gasteiger partial charge is 0.228 e. The van der Waals surface area contributed by atoms with E-state index in [2.05, 4.69) is 45.1 Å². The third kappa shape index (κ3) is 5.45. The Kier molecular flexibility index (Phi) is 8.28. The van der Waals surface area contributed by atoms with Crippen LogP contribution in [0.3, 0.4) is 0 Å². The molecule has 2 aromatic rings. The molecule has 2 aliphatic rings. The third-order valence-corrected chi connectivity index (χ3v) is 6.30. The Bertz CT molecular complexity index is 765. The van der Waals surface area contributed by atoms with Gasteiger partial charge in [-0.15, -0.1) is 36.2 Å². The van der Waals surface area contributed by atoms with Crippen molar-refractivity contribution in [1.29, 1.82) is 0 Å². The Hall–Kier alpha value is -1.18. The average Bonchev–Trinajstić information content (AvgIpc) is 3.07. The van der Waals surface area contributed by atoms with Gasteiger partial charge in [0, 0.05) is 30.1 Å². The van der Waals surface area contributed by atoms with Crippen LogP contribution in [0.5, 0.6) is 0 Å². The highest BCUT2D eigenvalue weighted by molar-refractivity contribution is 7.07. The van der Waals surface area contributed by atoms with Crippen molar-refractivity contribution in [3.63, 3.8) is 0 Å². The number of nitrogens with zero attached hydrogens (tertiary/aromatic N) is 2. The maximum Gasteiger partial charge on any atom is 0.228 e. The minimum atomic E-state index is 0. The zero-order valence-electron chi connectivity index (χ0n) is 16.0. The fraction of sp³-hybridized carbons (Fsp3) is 0.500.